The van der Waals surface area contributed by atoms with Crippen molar-refractivity contribution in [1.29, 1.82) is 0 Å². The van der Waals surface area contributed by atoms with Gasteiger partial charge in [-0.25, -0.2) is 4.79 Å². The van der Waals surface area contributed by atoms with E-state index in [-0.39, 0.29) is 36.2 Å². The minimum Gasteiger partial charge on any atom is -0.482 e. The summed E-state index contributed by atoms with van der Waals surface area (Å²) in [5, 5.41) is 8.70. The average Bonchev–Trinajstić information content (AvgIpc) is 2.80. The van der Waals surface area contributed by atoms with Crippen LogP contribution in [0.1, 0.15) is 18.4 Å². The Bertz CT molecular complexity index is 905. The fourth-order valence-electron chi connectivity index (χ4n) is 3.09. The molecule has 2 rings (SSSR count). The van der Waals surface area contributed by atoms with E-state index in [0.29, 0.717) is 25.1 Å². The van der Waals surface area contributed by atoms with Gasteiger partial charge in [0.2, 0.25) is 0 Å². The Hall–Kier alpha value is -3.36. The minimum atomic E-state index is -0.557. The van der Waals surface area contributed by atoms with E-state index in [1.54, 1.807) is 24.4 Å². The number of nitrogens with zero attached hydrogens (tertiary/aromatic N) is 1. The zero-order valence-electron chi connectivity index (χ0n) is 17.8. The Morgan fingerprint density at radius 1 is 1.34 bits per heavy atom. The smallest absolute Gasteiger partial charge is 0.344 e. The first-order valence-corrected chi connectivity index (χ1v) is 10.0. The number of ketones is 1. The Morgan fingerprint density at radius 2 is 2.16 bits per heavy atom. The van der Waals surface area contributed by atoms with Crippen LogP contribution >= 0.6 is 0 Å². The Morgan fingerprint density at radius 3 is 2.88 bits per heavy atom. The number of esters is 1. The molecular weight excluding hydrogens is 415 g/mol. The van der Waals surface area contributed by atoms with E-state index in [1.165, 1.54) is 6.20 Å². The number of hydrogen-bond acceptors (Lipinski definition) is 7. The fraction of sp³-hybridized carbons (Fsp3) is 0.292. The van der Waals surface area contributed by atoms with Gasteiger partial charge in [-0.1, -0.05) is 36.9 Å². The van der Waals surface area contributed by atoms with Crippen molar-refractivity contribution >= 4 is 23.5 Å². The van der Waals surface area contributed by atoms with Crippen LogP contribution in [-0.2, 0) is 14.3 Å². The molecule has 0 spiro atoms. The number of halogens is 1. The number of ether oxygens (including phenoxy) is 2. The van der Waals surface area contributed by atoms with E-state index in [2.05, 4.69) is 11.6 Å². The van der Waals surface area contributed by atoms with E-state index in [0.717, 1.165) is 16.7 Å². The number of hydrogen-bond donors (Lipinski definition) is 2. The first kappa shape index (κ1) is 26.7. The molecule has 1 aliphatic rings. The van der Waals surface area contributed by atoms with Crippen LogP contribution in [0.5, 0.6) is 5.75 Å². The maximum absolute atomic E-state index is 12.6. The van der Waals surface area contributed by atoms with Gasteiger partial charge in [0.25, 0.3) is 0 Å². The average molecular weight is 445 g/mol. The number of carbonyl (C=O) groups excluding carboxylic acids is 2. The summed E-state index contributed by atoms with van der Waals surface area (Å²) >= 11 is 0. The van der Waals surface area contributed by atoms with Crippen LogP contribution in [0.15, 0.2) is 71.9 Å². The number of benzene rings is 1. The van der Waals surface area contributed by atoms with Gasteiger partial charge in [-0.15, -0.1) is 0 Å². The molecule has 172 valence electrons. The summed E-state index contributed by atoms with van der Waals surface area (Å²) < 4.78 is 10.3. The number of carbonyl (C=O) groups is 2. The van der Waals surface area contributed by atoms with Gasteiger partial charge >= 0.3 is 5.97 Å². The highest BCUT2D eigenvalue weighted by atomic mass is 19.0. The first-order valence-electron chi connectivity index (χ1n) is 10.0. The maximum atomic E-state index is 12.6. The van der Waals surface area contributed by atoms with Gasteiger partial charge in [-0.3, -0.25) is 14.5 Å². The van der Waals surface area contributed by atoms with E-state index >= 15 is 0 Å². The standard InChI is InChI=1S/C24H28N2O5.FH/c1-2-26-11-4-3-8-23(28)19-9-10-20(16-25)22(15-19)18-6-5-7-21(14-18)31-17-24(29)30-13-12-27;/h2-7,9-11,14,19,27H,1,8,12-13,15-17,25H2;1H/b4-3+,26-11?;. The van der Waals surface area contributed by atoms with Gasteiger partial charge in [-0.2, -0.15) is 0 Å². The molecule has 8 heteroatoms. The summed E-state index contributed by atoms with van der Waals surface area (Å²) in [6.07, 6.45) is 11.2. The predicted molar refractivity (Wildman–Crippen MR) is 123 cm³/mol. The molecule has 3 N–H and O–H groups in total. The van der Waals surface area contributed by atoms with Crippen molar-refractivity contribution in [3.05, 3.63) is 72.5 Å². The molecule has 0 saturated carbocycles. The molecule has 1 unspecified atom stereocenters. The van der Waals surface area contributed by atoms with Crippen molar-refractivity contribution in [2.24, 2.45) is 16.6 Å². The highest BCUT2D eigenvalue weighted by molar-refractivity contribution is 5.88. The molecule has 0 aliphatic heterocycles. The molecule has 1 aliphatic carbocycles. The number of rotatable bonds is 12. The monoisotopic (exact) mass is 444 g/mol. The van der Waals surface area contributed by atoms with E-state index < -0.39 is 5.97 Å². The minimum absolute atomic E-state index is 0. The third-order valence-electron chi connectivity index (χ3n) is 4.60. The number of aliphatic hydroxyl groups is 1. The second-order valence-electron chi connectivity index (χ2n) is 6.72. The molecule has 32 heavy (non-hydrogen) atoms. The van der Waals surface area contributed by atoms with E-state index in [1.807, 2.05) is 30.4 Å². The molecule has 0 amide bonds. The Kier molecular flexibility index (Phi) is 12.2. The third-order valence-corrected chi connectivity index (χ3v) is 4.60. The summed E-state index contributed by atoms with van der Waals surface area (Å²) in [7, 11) is 0. The van der Waals surface area contributed by atoms with Crippen LogP contribution in [0, 0.1) is 5.92 Å². The molecule has 0 bridgehead atoms. The SMILES string of the molecule is C=CN=C/C=C/CC(=O)C1C=CC(CN)=C(c2cccc(OCC(=O)OCCO)c2)C1.F. The first-order chi connectivity index (χ1) is 15.1. The lowest BCUT2D eigenvalue weighted by atomic mass is 9.83. The van der Waals surface area contributed by atoms with Crippen LogP contribution in [0.3, 0.4) is 0 Å². The van der Waals surface area contributed by atoms with Crippen LogP contribution in [0.2, 0.25) is 0 Å². The van der Waals surface area contributed by atoms with Crippen molar-refractivity contribution in [3.63, 3.8) is 0 Å². The zero-order valence-corrected chi connectivity index (χ0v) is 17.8. The van der Waals surface area contributed by atoms with Crippen LogP contribution < -0.4 is 10.5 Å². The Balaban J connectivity index is 0.00000512. The van der Waals surface area contributed by atoms with Gasteiger partial charge in [0.1, 0.15) is 18.1 Å². The molecule has 0 aromatic heterocycles. The van der Waals surface area contributed by atoms with Crippen molar-refractivity contribution in [1.82, 2.24) is 0 Å². The number of Topliss-reactive ketones (excluding diaryl/α,β-unsaturated/α-hetero) is 1. The summed E-state index contributed by atoms with van der Waals surface area (Å²) in [6, 6.07) is 7.30. The highest BCUT2D eigenvalue weighted by Gasteiger charge is 2.22. The second-order valence-corrected chi connectivity index (χ2v) is 6.72. The van der Waals surface area contributed by atoms with Gasteiger partial charge < -0.3 is 20.3 Å². The van der Waals surface area contributed by atoms with E-state index in [4.69, 9.17) is 20.3 Å². The predicted octanol–water partition coefficient (Wildman–Crippen LogP) is 2.77. The number of aliphatic imine (C=N–C) groups is 1. The largest absolute Gasteiger partial charge is 0.482 e. The molecule has 0 radical (unpaired) electrons. The van der Waals surface area contributed by atoms with Gasteiger partial charge in [0, 0.05) is 31.3 Å². The van der Waals surface area contributed by atoms with Crippen molar-refractivity contribution in [3.8, 4) is 5.75 Å². The highest BCUT2D eigenvalue weighted by Crippen LogP contribution is 2.33. The second kappa shape index (κ2) is 14.6. The topological polar surface area (TPSA) is 111 Å². The molecule has 1 aromatic carbocycles. The number of nitrogens with two attached hydrogens (primary N) is 1. The van der Waals surface area contributed by atoms with Crippen molar-refractivity contribution in [2.45, 2.75) is 12.8 Å². The molecule has 0 fully saturated rings. The van der Waals surface area contributed by atoms with Gasteiger partial charge in [0.05, 0.1) is 6.61 Å². The molecule has 1 aromatic rings. The lowest BCUT2D eigenvalue weighted by molar-refractivity contribution is -0.147. The lowest BCUT2D eigenvalue weighted by Gasteiger charge is -2.22. The molecule has 0 heterocycles. The van der Waals surface area contributed by atoms with Gasteiger partial charge in [-0.05, 0) is 41.3 Å². The number of allylic oxidation sites excluding steroid dienone is 4. The van der Waals surface area contributed by atoms with Gasteiger partial charge in [0.15, 0.2) is 6.61 Å². The normalized spacial score (nSPS) is 15.6. The molecule has 0 saturated heterocycles. The van der Waals surface area contributed by atoms with Crippen LogP contribution in [0.4, 0.5) is 4.70 Å². The summed E-state index contributed by atoms with van der Waals surface area (Å²) in [6.45, 7) is 3.29. The number of aliphatic hydroxyl groups excluding tert-OH is 1. The summed E-state index contributed by atoms with van der Waals surface area (Å²) in [5.74, 6) is -0.195. The van der Waals surface area contributed by atoms with Crippen molar-refractivity contribution in [2.75, 3.05) is 26.4 Å². The van der Waals surface area contributed by atoms with Crippen LogP contribution in [-0.4, -0.2) is 49.4 Å². The van der Waals surface area contributed by atoms with E-state index in [9.17, 15) is 9.59 Å². The summed E-state index contributed by atoms with van der Waals surface area (Å²) in [4.78, 5) is 28.0. The molecule has 7 nitrogen and oxygen atoms in total. The fourth-order valence-corrected chi connectivity index (χ4v) is 3.09. The van der Waals surface area contributed by atoms with Crippen LogP contribution in [0.25, 0.3) is 5.57 Å². The zero-order chi connectivity index (χ0) is 22.5. The lowest BCUT2D eigenvalue weighted by Crippen LogP contribution is -2.18. The third kappa shape index (κ3) is 8.41. The Labute approximate surface area is 187 Å². The quantitative estimate of drug-likeness (QED) is 0.379. The van der Waals surface area contributed by atoms with Crippen molar-refractivity contribution < 1.29 is 28.9 Å². The molecular formula is C24H29FN2O5. The summed E-state index contributed by atoms with van der Waals surface area (Å²) in [5.41, 5.74) is 8.74. The molecule has 1 atom stereocenters. The maximum Gasteiger partial charge on any atom is 0.344 e.